The molecule has 3 rings (SSSR count). The number of carbonyl (C=O) groups is 1. The minimum absolute atomic E-state index is 0.207. The van der Waals surface area contributed by atoms with Crippen LogP contribution in [-0.2, 0) is 0 Å². The van der Waals surface area contributed by atoms with Gasteiger partial charge in [0.2, 0.25) is 0 Å². The summed E-state index contributed by atoms with van der Waals surface area (Å²) >= 11 is 0. The van der Waals surface area contributed by atoms with E-state index in [2.05, 4.69) is 20.3 Å². The first-order valence-corrected chi connectivity index (χ1v) is 8.04. The van der Waals surface area contributed by atoms with E-state index in [9.17, 15) is 9.90 Å². The summed E-state index contributed by atoms with van der Waals surface area (Å²) in [5.74, 6) is 1.67. The molecule has 0 spiro atoms. The molecule has 1 fully saturated rings. The number of aryl methyl sites for hydroxylation is 1. The summed E-state index contributed by atoms with van der Waals surface area (Å²) in [5, 5.41) is 13.9. The summed E-state index contributed by atoms with van der Waals surface area (Å²) in [6, 6.07) is 1.83. The molecule has 2 N–H and O–H groups in total. The van der Waals surface area contributed by atoms with Crippen molar-refractivity contribution in [1.29, 1.82) is 0 Å². The van der Waals surface area contributed by atoms with Crippen molar-refractivity contribution in [3.05, 3.63) is 30.2 Å². The van der Waals surface area contributed by atoms with Crippen molar-refractivity contribution in [3.8, 4) is 0 Å². The highest BCUT2D eigenvalue weighted by atomic mass is 16.3. The lowest BCUT2D eigenvalue weighted by molar-refractivity contribution is 0.0261. The number of β-amino-alcohol motifs (C(OH)–C–C–N with tert-alkyl or cyclic N) is 1. The fourth-order valence-corrected chi connectivity index (χ4v) is 3.04. The Morgan fingerprint density at radius 3 is 2.96 bits per heavy atom. The average Bonchev–Trinajstić information content (AvgIpc) is 3.20. The molecule has 1 aliphatic rings. The first-order valence-electron chi connectivity index (χ1n) is 8.04. The molecule has 0 unspecified atom stereocenters. The van der Waals surface area contributed by atoms with Gasteiger partial charge in [-0.25, -0.2) is 15.0 Å². The molecule has 1 aliphatic heterocycles. The van der Waals surface area contributed by atoms with Gasteiger partial charge in [-0.1, -0.05) is 0 Å². The van der Waals surface area contributed by atoms with Crippen LogP contribution in [0.15, 0.2) is 23.2 Å². The molecule has 9 heteroatoms. The fraction of sp³-hybridized carbons (Fsp3) is 0.500. The lowest BCUT2D eigenvalue weighted by Gasteiger charge is -2.28. The number of hydrogen-bond donors (Lipinski definition) is 2. The second kappa shape index (κ2) is 6.67. The van der Waals surface area contributed by atoms with Crippen LogP contribution in [0.3, 0.4) is 0 Å². The molecule has 2 aromatic rings. The van der Waals surface area contributed by atoms with E-state index in [1.165, 1.54) is 17.6 Å². The highest BCUT2D eigenvalue weighted by molar-refractivity contribution is 5.93. The first-order chi connectivity index (χ1) is 11.9. The van der Waals surface area contributed by atoms with Crippen molar-refractivity contribution in [2.45, 2.75) is 18.9 Å². The Balaban J connectivity index is 1.67. The minimum Gasteiger partial charge on any atom is -0.448 e. The largest absolute Gasteiger partial charge is 0.448 e. The van der Waals surface area contributed by atoms with Crippen molar-refractivity contribution in [2.75, 3.05) is 43.9 Å². The lowest BCUT2D eigenvalue weighted by Crippen LogP contribution is -2.46. The third-order valence-corrected chi connectivity index (χ3v) is 4.39. The number of rotatable bonds is 5. The zero-order valence-electron chi connectivity index (χ0n) is 14.6. The molecule has 0 aliphatic carbocycles. The number of hydrogen-bond acceptors (Lipinski definition) is 8. The topological polar surface area (TPSA) is 108 Å². The van der Waals surface area contributed by atoms with Crippen LogP contribution in [0.1, 0.15) is 22.7 Å². The third-order valence-electron chi connectivity index (χ3n) is 4.39. The summed E-state index contributed by atoms with van der Waals surface area (Å²) in [5.41, 5.74) is -0.734. The molecule has 134 valence electrons. The molecule has 1 amide bonds. The number of oxazole rings is 1. The Hall–Kier alpha value is -2.68. The van der Waals surface area contributed by atoms with Crippen molar-refractivity contribution < 1.29 is 14.3 Å². The van der Waals surface area contributed by atoms with E-state index in [0.717, 1.165) is 5.82 Å². The van der Waals surface area contributed by atoms with Crippen molar-refractivity contribution >= 4 is 17.5 Å². The maximum absolute atomic E-state index is 12.4. The number of nitrogens with zero attached hydrogens (tertiary/aromatic N) is 5. The Bertz CT molecular complexity index is 764. The standard InChI is InChI=1S/C16H22N6O3/c1-11-14(20-10-25-11)15(23)21(3)7-16(24)4-5-22(8-16)13-6-12(17-2)18-9-19-13/h6,9-10,24H,4-5,7-8H2,1-3H3,(H,17,18,19)/t16-/m0/s1. The van der Waals surface area contributed by atoms with Crippen LogP contribution in [0.2, 0.25) is 0 Å². The second-order valence-electron chi connectivity index (χ2n) is 6.33. The maximum Gasteiger partial charge on any atom is 0.275 e. The zero-order valence-corrected chi connectivity index (χ0v) is 14.6. The van der Waals surface area contributed by atoms with Gasteiger partial charge in [-0.15, -0.1) is 0 Å². The average molecular weight is 346 g/mol. The van der Waals surface area contributed by atoms with E-state index < -0.39 is 5.60 Å². The van der Waals surface area contributed by atoms with Crippen molar-refractivity contribution in [3.63, 3.8) is 0 Å². The van der Waals surface area contributed by atoms with E-state index in [4.69, 9.17) is 4.42 Å². The Morgan fingerprint density at radius 2 is 2.28 bits per heavy atom. The van der Waals surface area contributed by atoms with Gasteiger partial charge in [-0.05, 0) is 13.3 Å². The smallest absolute Gasteiger partial charge is 0.275 e. The lowest BCUT2D eigenvalue weighted by atomic mass is 10.0. The summed E-state index contributed by atoms with van der Waals surface area (Å²) in [4.78, 5) is 28.2. The molecule has 3 heterocycles. The van der Waals surface area contributed by atoms with E-state index >= 15 is 0 Å². The van der Waals surface area contributed by atoms with Gasteiger partial charge in [0, 0.05) is 33.3 Å². The van der Waals surface area contributed by atoms with Crippen LogP contribution in [0.25, 0.3) is 0 Å². The third kappa shape index (κ3) is 3.55. The van der Waals surface area contributed by atoms with Crippen molar-refractivity contribution in [1.82, 2.24) is 19.9 Å². The fourth-order valence-electron chi connectivity index (χ4n) is 3.04. The van der Waals surface area contributed by atoms with E-state index in [0.29, 0.717) is 31.1 Å². The molecule has 2 aromatic heterocycles. The van der Waals surface area contributed by atoms with Crippen LogP contribution in [0.4, 0.5) is 11.6 Å². The SMILES string of the molecule is CNc1cc(N2CC[C@](O)(CN(C)C(=O)c3ncoc3C)C2)ncn1. The Labute approximate surface area is 145 Å². The van der Waals surface area contributed by atoms with Crippen LogP contribution < -0.4 is 10.2 Å². The molecule has 1 saturated heterocycles. The number of aromatic nitrogens is 3. The quantitative estimate of drug-likeness (QED) is 0.807. The van der Waals surface area contributed by atoms with Crippen LogP contribution in [0.5, 0.6) is 0 Å². The number of aliphatic hydroxyl groups is 1. The van der Waals surface area contributed by atoms with Gasteiger partial charge in [0.25, 0.3) is 5.91 Å². The number of carbonyl (C=O) groups excluding carboxylic acids is 1. The normalized spacial score (nSPS) is 19.9. The highest BCUT2D eigenvalue weighted by Crippen LogP contribution is 2.27. The summed E-state index contributed by atoms with van der Waals surface area (Å²) in [6.07, 6.45) is 3.28. The van der Waals surface area contributed by atoms with Crippen LogP contribution >= 0.6 is 0 Å². The summed E-state index contributed by atoms with van der Waals surface area (Å²) in [7, 11) is 3.44. The molecule has 0 bridgehead atoms. The van der Waals surface area contributed by atoms with Gasteiger partial charge in [0.15, 0.2) is 12.1 Å². The Morgan fingerprint density at radius 1 is 1.48 bits per heavy atom. The molecular formula is C16H22N6O3. The van der Waals surface area contributed by atoms with E-state index in [-0.39, 0.29) is 18.1 Å². The molecule has 9 nitrogen and oxygen atoms in total. The number of anilines is 2. The maximum atomic E-state index is 12.4. The van der Waals surface area contributed by atoms with Crippen LogP contribution in [0, 0.1) is 6.92 Å². The summed E-state index contributed by atoms with van der Waals surface area (Å²) < 4.78 is 5.08. The van der Waals surface area contributed by atoms with Gasteiger partial charge in [0.1, 0.15) is 29.3 Å². The minimum atomic E-state index is -1.01. The van der Waals surface area contributed by atoms with Gasteiger partial charge in [-0.3, -0.25) is 4.79 Å². The highest BCUT2D eigenvalue weighted by Gasteiger charge is 2.39. The molecule has 1 atom stereocenters. The van der Waals surface area contributed by atoms with Crippen molar-refractivity contribution in [2.24, 2.45) is 0 Å². The first kappa shape index (κ1) is 17.2. The zero-order chi connectivity index (χ0) is 18.0. The number of nitrogens with one attached hydrogen (secondary N) is 1. The monoisotopic (exact) mass is 346 g/mol. The number of likely N-dealkylation sites (N-methyl/N-ethyl adjacent to an activating group) is 1. The number of amides is 1. The van der Waals surface area contributed by atoms with E-state index in [1.54, 1.807) is 21.0 Å². The Kier molecular flexibility index (Phi) is 4.58. The van der Waals surface area contributed by atoms with Gasteiger partial charge < -0.3 is 24.6 Å². The predicted molar refractivity (Wildman–Crippen MR) is 91.6 cm³/mol. The predicted octanol–water partition coefficient (Wildman–Crippen LogP) is 0.528. The second-order valence-corrected chi connectivity index (χ2v) is 6.33. The van der Waals surface area contributed by atoms with Gasteiger partial charge in [0.05, 0.1) is 6.54 Å². The van der Waals surface area contributed by atoms with Gasteiger partial charge in [-0.2, -0.15) is 0 Å². The molecule has 0 aromatic carbocycles. The molecular weight excluding hydrogens is 324 g/mol. The molecule has 0 saturated carbocycles. The van der Waals surface area contributed by atoms with Gasteiger partial charge >= 0.3 is 0 Å². The molecule has 0 radical (unpaired) electrons. The van der Waals surface area contributed by atoms with Crippen LogP contribution in [-0.4, -0.2) is 70.2 Å². The molecule has 25 heavy (non-hydrogen) atoms. The summed E-state index contributed by atoms with van der Waals surface area (Å²) in [6.45, 7) is 2.94. The van der Waals surface area contributed by atoms with E-state index in [1.807, 2.05) is 11.0 Å².